The maximum atomic E-state index is 12.6. The predicted molar refractivity (Wildman–Crippen MR) is 87.4 cm³/mol. The fourth-order valence-electron chi connectivity index (χ4n) is 2.74. The zero-order valence-electron chi connectivity index (χ0n) is 12.6. The van der Waals surface area contributed by atoms with Gasteiger partial charge in [-0.2, -0.15) is 0 Å². The topological polar surface area (TPSA) is 49.9 Å². The summed E-state index contributed by atoms with van der Waals surface area (Å²) in [5.41, 5.74) is 1.52. The summed E-state index contributed by atoms with van der Waals surface area (Å²) < 4.78 is 5.46. The van der Waals surface area contributed by atoms with E-state index in [0.717, 1.165) is 23.3 Å². The van der Waals surface area contributed by atoms with Crippen LogP contribution < -0.4 is 9.64 Å². The SMILES string of the molecule is C#CCOc1cc(N2C(=O)C3=CCCCN3C2=O)c(Cl)cc1C. The molecule has 0 spiro atoms. The molecule has 3 rings (SSSR count). The van der Waals surface area contributed by atoms with Crippen molar-refractivity contribution in [3.63, 3.8) is 0 Å². The van der Waals surface area contributed by atoms with Crippen molar-refractivity contribution in [3.8, 4) is 18.1 Å². The highest BCUT2D eigenvalue weighted by molar-refractivity contribution is 6.37. The minimum Gasteiger partial charge on any atom is -0.481 e. The quantitative estimate of drug-likeness (QED) is 0.632. The maximum absolute atomic E-state index is 12.6. The van der Waals surface area contributed by atoms with Crippen LogP contribution in [-0.4, -0.2) is 30.0 Å². The zero-order valence-corrected chi connectivity index (χ0v) is 13.4. The first-order chi connectivity index (χ1) is 11.0. The van der Waals surface area contributed by atoms with Gasteiger partial charge in [0.05, 0.1) is 10.7 Å². The standard InChI is InChI=1S/C17H15ClN2O3/c1-3-8-23-15-10-14(12(18)9-11(15)2)20-16(21)13-6-4-5-7-19(13)17(20)22/h1,6,9-10H,4-5,7-8H2,2H3. The summed E-state index contributed by atoms with van der Waals surface area (Å²) in [5.74, 6) is 2.53. The summed E-state index contributed by atoms with van der Waals surface area (Å²) in [4.78, 5) is 27.7. The van der Waals surface area contributed by atoms with Crippen LogP contribution >= 0.6 is 11.6 Å². The number of anilines is 1. The molecule has 1 aromatic carbocycles. The number of carbonyl (C=O) groups excluding carboxylic acids is 2. The maximum Gasteiger partial charge on any atom is 0.336 e. The third-order valence-corrected chi connectivity index (χ3v) is 4.16. The lowest BCUT2D eigenvalue weighted by molar-refractivity contribution is -0.114. The molecule has 0 bridgehead atoms. The first-order valence-corrected chi connectivity index (χ1v) is 7.65. The molecule has 0 unspecified atom stereocenters. The fourth-order valence-corrected chi connectivity index (χ4v) is 3.05. The Kier molecular flexibility index (Phi) is 4.01. The molecule has 6 heteroatoms. The van der Waals surface area contributed by atoms with Crippen molar-refractivity contribution in [2.45, 2.75) is 19.8 Å². The number of ether oxygens (including phenoxy) is 1. The molecule has 0 N–H and O–H groups in total. The summed E-state index contributed by atoms with van der Waals surface area (Å²) in [6, 6.07) is 2.87. The Hall–Kier alpha value is -2.45. The Labute approximate surface area is 139 Å². The summed E-state index contributed by atoms with van der Waals surface area (Å²) in [5, 5.41) is 0.317. The van der Waals surface area contributed by atoms with Gasteiger partial charge in [0.2, 0.25) is 0 Å². The minimum atomic E-state index is -0.380. The molecular formula is C17H15ClN2O3. The van der Waals surface area contributed by atoms with Crippen molar-refractivity contribution in [2.24, 2.45) is 0 Å². The highest BCUT2D eigenvalue weighted by Gasteiger charge is 2.43. The molecule has 1 aromatic rings. The van der Waals surface area contributed by atoms with Crippen LogP contribution in [0.1, 0.15) is 18.4 Å². The average molecular weight is 331 g/mol. The second-order valence-corrected chi connectivity index (χ2v) is 5.78. The third kappa shape index (κ3) is 2.55. The fraction of sp³-hybridized carbons (Fsp3) is 0.294. The van der Waals surface area contributed by atoms with Crippen LogP contribution in [0.3, 0.4) is 0 Å². The van der Waals surface area contributed by atoms with E-state index in [1.54, 1.807) is 18.2 Å². The van der Waals surface area contributed by atoms with E-state index >= 15 is 0 Å². The number of aryl methyl sites for hydroxylation is 1. The van der Waals surface area contributed by atoms with Crippen LogP contribution in [0.5, 0.6) is 5.75 Å². The highest BCUT2D eigenvalue weighted by Crippen LogP contribution is 2.38. The van der Waals surface area contributed by atoms with E-state index in [9.17, 15) is 9.59 Å². The molecule has 0 atom stereocenters. The number of allylic oxidation sites excluding steroid dienone is 1. The lowest BCUT2D eigenvalue weighted by atomic mass is 10.1. The highest BCUT2D eigenvalue weighted by atomic mass is 35.5. The van der Waals surface area contributed by atoms with Gasteiger partial charge in [0, 0.05) is 12.6 Å². The molecule has 5 nitrogen and oxygen atoms in total. The Morgan fingerprint density at radius 1 is 1.39 bits per heavy atom. The molecule has 2 aliphatic rings. The van der Waals surface area contributed by atoms with Crippen LogP contribution in [0.25, 0.3) is 0 Å². The number of halogens is 1. The first kappa shape index (κ1) is 15.4. The van der Waals surface area contributed by atoms with E-state index in [4.69, 9.17) is 22.8 Å². The van der Waals surface area contributed by atoms with Crippen LogP contribution in [0.2, 0.25) is 5.02 Å². The van der Waals surface area contributed by atoms with E-state index in [2.05, 4.69) is 5.92 Å². The van der Waals surface area contributed by atoms with Crippen LogP contribution in [0, 0.1) is 19.3 Å². The molecule has 23 heavy (non-hydrogen) atoms. The van der Waals surface area contributed by atoms with Gasteiger partial charge in [0.15, 0.2) is 0 Å². The van der Waals surface area contributed by atoms with Crippen LogP contribution in [-0.2, 0) is 4.79 Å². The number of fused-ring (bicyclic) bond motifs is 1. The smallest absolute Gasteiger partial charge is 0.336 e. The number of imide groups is 1. The van der Waals surface area contributed by atoms with Crippen molar-refractivity contribution in [3.05, 3.63) is 34.5 Å². The van der Waals surface area contributed by atoms with Gasteiger partial charge in [0.1, 0.15) is 18.1 Å². The van der Waals surface area contributed by atoms with Crippen molar-refractivity contribution >= 4 is 29.2 Å². The lowest BCUT2D eigenvalue weighted by Crippen LogP contribution is -2.34. The van der Waals surface area contributed by atoms with E-state index in [1.807, 2.05) is 6.92 Å². The Bertz CT molecular complexity index is 764. The normalized spacial score (nSPS) is 17.0. The van der Waals surface area contributed by atoms with Crippen molar-refractivity contribution < 1.29 is 14.3 Å². The number of nitrogens with zero attached hydrogens (tertiary/aromatic N) is 2. The minimum absolute atomic E-state index is 0.0983. The van der Waals surface area contributed by atoms with Crippen molar-refractivity contribution in [1.29, 1.82) is 0 Å². The van der Waals surface area contributed by atoms with Crippen molar-refractivity contribution in [1.82, 2.24) is 4.90 Å². The molecular weight excluding hydrogens is 316 g/mol. The third-order valence-electron chi connectivity index (χ3n) is 3.86. The van der Waals surface area contributed by atoms with Crippen molar-refractivity contribution in [2.75, 3.05) is 18.1 Å². The van der Waals surface area contributed by atoms with Gasteiger partial charge in [-0.15, -0.1) is 6.42 Å². The molecule has 0 radical (unpaired) electrons. The molecule has 2 aliphatic heterocycles. The monoisotopic (exact) mass is 330 g/mol. The number of amides is 3. The molecule has 1 fully saturated rings. The zero-order chi connectivity index (χ0) is 16.6. The van der Waals surface area contributed by atoms with Gasteiger partial charge in [-0.1, -0.05) is 23.6 Å². The van der Waals surface area contributed by atoms with Crippen LogP contribution in [0.4, 0.5) is 10.5 Å². The van der Waals surface area contributed by atoms with Gasteiger partial charge in [-0.3, -0.25) is 9.69 Å². The van der Waals surface area contributed by atoms with Gasteiger partial charge >= 0.3 is 6.03 Å². The first-order valence-electron chi connectivity index (χ1n) is 7.27. The van der Waals surface area contributed by atoms with Gasteiger partial charge in [0.25, 0.3) is 5.91 Å². The summed E-state index contributed by atoms with van der Waals surface area (Å²) in [6.07, 6.45) is 8.63. The van der Waals surface area contributed by atoms with Gasteiger partial charge in [-0.05, 0) is 31.4 Å². The Morgan fingerprint density at radius 2 is 2.17 bits per heavy atom. The Morgan fingerprint density at radius 3 is 2.87 bits per heavy atom. The van der Waals surface area contributed by atoms with E-state index in [1.165, 1.54) is 4.90 Å². The molecule has 0 saturated carbocycles. The number of rotatable bonds is 3. The molecule has 3 amide bonds. The summed E-state index contributed by atoms with van der Waals surface area (Å²) >= 11 is 6.26. The number of benzene rings is 1. The van der Waals surface area contributed by atoms with E-state index in [0.29, 0.717) is 28.7 Å². The number of hydrogen-bond donors (Lipinski definition) is 0. The number of carbonyl (C=O) groups is 2. The second-order valence-electron chi connectivity index (χ2n) is 5.37. The number of hydrogen-bond acceptors (Lipinski definition) is 3. The second kappa shape index (κ2) is 5.98. The van der Waals surface area contributed by atoms with Crippen LogP contribution in [0.15, 0.2) is 23.9 Å². The van der Waals surface area contributed by atoms with Gasteiger partial charge < -0.3 is 4.74 Å². The lowest BCUT2D eigenvalue weighted by Gasteiger charge is -2.20. The van der Waals surface area contributed by atoms with Gasteiger partial charge in [-0.25, -0.2) is 9.69 Å². The average Bonchev–Trinajstić information content (AvgIpc) is 2.79. The molecule has 2 heterocycles. The number of terminal acetylenes is 1. The Balaban J connectivity index is 2.03. The predicted octanol–water partition coefficient (Wildman–Crippen LogP) is 3.11. The molecule has 1 saturated heterocycles. The molecule has 0 aliphatic carbocycles. The van der Waals surface area contributed by atoms with E-state index in [-0.39, 0.29) is 18.5 Å². The summed E-state index contributed by atoms with van der Waals surface area (Å²) in [7, 11) is 0. The molecule has 0 aromatic heterocycles. The van der Waals surface area contributed by atoms with E-state index < -0.39 is 0 Å². The largest absolute Gasteiger partial charge is 0.481 e. The summed E-state index contributed by atoms with van der Waals surface area (Å²) in [6.45, 7) is 2.46. The number of urea groups is 1. The molecule has 118 valence electrons.